The third-order valence-electron chi connectivity index (χ3n) is 4.11. The molecule has 0 spiro atoms. The highest BCUT2D eigenvalue weighted by molar-refractivity contribution is 6.05. The number of ether oxygens (including phenoxy) is 3. The highest BCUT2D eigenvalue weighted by Crippen LogP contribution is 2.21. The van der Waals surface area contributed by atoms with Gasteiger partial charge >= 0.3 is 5.97 Å². The number of hydrogen-bond acceptors (Lipinski definition) is 7. The molecule has 1 fully saturated rings. The van der Waals surface area contributed by atoms with E-state index < -0.39 is 5.97 Å². The van der Waals surface area contributed by atoms with Crippen molar-refractivity contribution in [3.63, 3.8) is 0 Å². The molecule has 1 aliphatic heterocycles. The minimum Gasteiger partial charge on any atom is -0.480 e. The first-order valence-electron chi connectivity index (χ1n) is 8.13. The van der Waals surface area contributed by atoms with Crippen molar-refractivity contribution in [1.82, 2.24) is 15.1 Å². The van der Waals surface area contributed by atoms with E-state index in [1.54, 1.807) is 41.3 Å². The summed E-state index contributed by atoms with van der Waals surface area (Å²) in [6.07, 6.45) is 0.478. The van der Waals surface area contributed by atoms with Crippen LogP contribution in [-0.2, 0) is 4.74 Å². The topological polar surface area (TPSA) is 90.9 Å². The zero-order chi connectivity index (χ0) is 18.5. The largest absolute Gasteiger partial charge is 0.480 e. The number of benzene rings is 1. The Labute approximate surface area is 150 Å². The molecule has 2 aromatic rings. The second-order valence-corrected chi connectivity index (χ2v) is 5.73. The number of carbonyl (C=O) groups excluding carboxylic acids is 2. The van der Waals surface area contributed by atoms with Gasteiger partial charge in [-0.15, -0.1) is 10.2 Å². The summed E-state index contributed by atoms with van der Waals surface area (Å²) in [6.45, 7) is 0.935. The van der Waals surface area contributed by atoms with Gasteiger partial charge in [0.1, 0.15) is 6.10 Å². The molecule has 0 radical (unpaired) electrons. The standard InChI is InChI=1S/C18H19N3O5/c1-24-15-7-8-16(20-19-15)26-12-9-10-21(11-12)17(22)13-5-3-4-6-14(13)18(23)25-2/h3-8,12H,9-11H2,1-2H3. The number of rotatable bonds is 5. The lowest BCUT2D eigenvalue weighted by Crippen LogP contribution is -2.32. The van der Waals surface area contributed by atoms with Crippen molar-refractivity contribution < 1.29 is 23.8 Å². The monoisotopic (exact) mass is 357 g/mol. The van der Waals surface area contributed by atoms with Crippen molar-refractivity contribution in [3.8, 4) is 11.8 Å². The van der Waals surface area contributed by atoms with E-state index in [9.17, 15) is 9.59 Å². The Bertz CT molecular complexity index is 794. The number of amides is 1. The van der Waals surface area contributed by atoms with E-state index in [1.165, 1.54) is 14.2 Å². The highest BCUT2D eigenvalue weighted by atomic mass is 16.5. The first-order chi connectivity index (χ1) is 12.6. The van der Waals surface area contributed by atoms with Gasteiger partial charge in [0.15, 0.2) is 0 Å². The third-order valence-corrected chi connectivity index (χ3v) is 4.11. The van der Waals surface area contributed by atoms with Crippen molar-refractivity contribution in [2.75, 3.05) is 27.3 Å². The average molecular weight is 357 g/mol. The maximum atomic E-state index is 12.8. The molecule has 1 aromatic carbocycles. The Morgan fingerprint density at radius 2 is 1.73 bits per heavy atom. The van der Waals surface area contributed by atoms with Crippen molar-refractivity contribution in [3.05, 3.63) is 47.5 Å². The summed E-state index contributed by atoms with van der Waals surface area (Å²) in [5.41, 5.74) is 0.578. The molecule has 26 heavy (non-hydrogen) atoms. The summed E-state index contributed by atoms with van der Waals surface area (Å²) in [6, 6.07) is 9.95. The van der Waals surface area contributed by atoms with Gasteiger partial charge in [-0.25, -0.2) is 4.79 Å². The maximum Gasteiger partial charge on any atom is 0.338 e. The zero-order valence-electron chi connectivity index (χ0n) is 14.5. The number of nitrogens with zero attached hydrogens (tertiary/aromatic N) is 3. The number of hydrogen-bond donors (Lipinski definition) is 0. The molecule has 0 bridgehead atoms. The van der Waals surface area contributed by atoms with Crippen molar-refractivity contribution >= 4 is 11.9 Å². The molecule has 0 saturated carbocycles. The fourth-order valence-corrected chi connectivity index (χ4v) is 2.79. The lowest BCUT2D eigenvalue weighted by molar-refractivity contribution is 0.0591. The van der Waals surface area contributed by atoms with Gasteiger partial charge in [0, 0.05) is 25.1 Å². The molecule has 136 valence electrons. The van der Waals surface area contributed by atoms with Crippen LogP contribution in [0.15, 0.2) is 36.4 Å². The van der Waals surface area contributed by atoms with Crippen LogP contribution in [-0.4, -0.2) is 60.4 Å². The molecular formula is C18H19N3O5. The Hall–Kier alpha value is -3.16. The lowest BCUT2D eigenvalue weighted by atomic mass is 10.1. The SMILES string of the molecule is COC(=O)c1ccccc1C(=O)N1CCC(Oc2ccc(OC)nn2)C1. The molecule has 0 N–H and O–H groups in total. The van der Waals surface area contributed by atoms with Crippen LogP contribution in [0.25, 0.3) is 0 Å². The van der Waals surface area contributed by atoms with Gasteiger partial charge in [-0.2, -0.15) is 0 Å². The van der Waals surface area contributed by atoms with Crippen molar-refractivity contribution in [2.45, 2.75) is 12.5 Å². The molecule has 1 unspecified atom stereocenters. The van der Waals surface area contributed by atoms with Crippen LogP contribution in [0.3, 0.4) is 0 Å². The van der Waals surface area contributed by atoms with Crippen LogP contribution in [0.1, 0.15) is 27.1 Å². The highest BCUT2D eigenvalue weighted by Gasteiger charge is 2.30. The minimum atomic E-state index is -0.533. The molecule has 8 heteroatoms. The van der Waals surface area contributed by atoms with Crippen LogP contribution < -0.4 is 9.47 Å². The first-order valence-corrected chi connectivity index (χ1v) is 8.13. The molecule has 3 rings (SSSR count). The molecule has 0 aliphatic carbocycles. The van der Waals surface area contributed by atoms with E-state index in [0.717, 1.165) is 0 Å². The fraction of sp³-hybridized carbons (Fsp3) is 0.333. The Kier molecular flexibility index (Phi) is 5.31. The Morgan fingerprint density at radius 3 is 2.38 bits per heavy atom. The Balaban J connectivity index is 1.67. The van der Waals surface area contributed by atoms with E-state index in [1.807, 2.05) is 0 Å². The van der Waals surface area contributed by atoms with E-state index in [4.69, 9.17) is 14.2 Å². The van der Waals surface area contributed by atoms with Gasteiger partial charge in [0.2, 0.25) is 11.8 Å². The van der Waals surface area contributed by atoms with Crippen LogP contribution in [0.2, 0.25) is 0 Å². The second kappa shape index (κ2) is 7.81. The number of carbonyl (C=O) groups is 2. The predicted molar refractivity (Wildman–Crippen MR) is 91.3 cm³/mol. The fourth-order valence-electron chi connectivity index (χ4n) is 2.79. The van der Waals surface area contributed by atoms with Gasteiger partial charge in [-0.1, -0.05) is 12.1 Å². The molecule has 8 nitrogen and oxygen atoms in total. The average Bonchev–Trinajstić information content (AvgIpc) is 3.16. The molecule has 1 saturated heterocycles. The van der Waals surface area contributed by atoms with E-state index >= 15 is 0 Å². The van der Waals surface area contributed by atoms with E-state index in [0.29, 0.717) is 36.8 Å². The quantitative estimate of drug-likeness (QED) is 0.750. The van der Waals surface area contributed by atoms with Gasteiger partial charge in [-0.05, 0) is 12.1 Å². The summed E-state index contributed by atoms with van der Waals surface area (Å²) >= 11 is 0. The molecule has 1 atom stereocenters. The van der Waals surface area contributed by atoms with Gasteiger partial charge in [0.05, 0.1) is 31.9 Å². The Morgan fingerprint density at radius 1 is 1.04 bits per heavy atom. The van der Waals surface area contributed by atoms with Crippen molar-refractivity contribution in [2.24, 2.45) is 0 Å². The van der Waals surface area contributed by atoms with Gasteiger partial charge in [-0.3, -0.25) is 4.79 Å². The summed E-state index contributed by atoms with van der Waals surface area (Å²) in [5, 5.41) is 7.78. The summed E-state index contributed by atoms with van der Waals surface area (Å²) in [7, 11) is 2.80. The summed E-state index contributed by atoms with van der Waals surface area (Å²) in [5.74, 6) is 0.0208. The second-order valence-electron chi connectivity index (χ2n) is 5.73. The van der Waals surface area contributed by atoms with Crippen LogP contribution in [0, 0.1) is 0 Å². The number of aromatic nitrogens is 2. The third kappa shape index (κ3) is 3.74. The van der Waals surface area contributed by atoms with Crippen molar-refractivity contribution in [1.29, 1.82) is 0 Å². The van der Waals surface area contributed by atoms with E-state index in [-0.39, 0.29) is 17.6 Å². The molecular weight excluding hydrogens is 338 g/mol. The smallest absolute Gasteiger partial charge is 0.338 e. The number of esters is 1. The molecule has 1 amide bonds. The zero-order valence-corrected chi connectivity index (χ0v) is 14.5. The molecule has 2 heterocycles. The minimum absolute atomic E-state index is 0.188. The van der Waals surface area contributed by atoms with Crippen LogP contribution in [0.5, 0.6) is 11.8 Å². The maximum absolute atomic E-state index is 12.8. The summed E-state index contributed by atoms with van der Waals surface area (Å²) < 4.78 is 15.5. The number of likely N-dealkylation sites (tertiary alicyclic amines) is 1. The number of methoxy groups -OCH3 is 2. The van der Waals surface area contributed by atoms with E-state index in [2.05, 4.69) is 10.2 Å². The lowest BCUT2D eigenvalue weighted by Gasteiger charge is -2.18. The molecule has 1 aliphatic rings. The normalized spacial score (nSPS) is 16.2. The van der Waals surface area contributed by atoms with Crippen LogP contribution in [0.4, 0.5) is 0 Å². The summed E-state index contributed by atoms with van der Waals surface area (Å²) in [4.78, 5) is 26.3. The van der Waals surface area contributed by atoms with Gasteiger partial charge in [0.25, 0.3) is 5.91 Å². The van der Waals surface area contributed by atoms with Crippen LogP contribution >= 0.6 is 0 Å². The van der Waals surface area contributed by atoms with Gasteiger partial charge < -0.3 is 19.1 Å². The molecule has 1 aromatic heterocycles. The first kappa shape index (κ1) is 17.7. The predicted octanol–water partition coefficient (Wildman–Crippen LogP) is 1.57.